The second-order valence-corrected chi connectivity index (χ2v) is 10.1. The lowest BCUT2D eigenvalue weighted by atomic mass is 9.76. The fraction of sp³-hybridized carbons (Fsp3) is 0.357. The molecule has 0 aliphatic carbocycles. The average molecular weight is 490 g/mol. The molecule has 0 aromatic heterocycles. The van der Waals surface area contributed by atoms with Gasteiger partial charge in [0.15, 0.2) is 0 Å². The van der Waals surface area contributed by atoms with Crippen LogP contribution in [0.15, 0.2) is 91.0 Å². The minimum Gasteiger partial charge on any atom is -0.404 e. The van der Waals surface area contributed by atoms with Gasteiger partial charge in [-0.05, 0) is 22.3 Å². The van der Waals surface area contributed by atoms with Gasteiger partial charge >= 0.3 is 7.12 Å². The average Bonchev–Trinajstić information content (AvgIpc) is 2.92. The molecule has 0 amide bonds. The first-order valence-electron chi connectivity index (χ1n) is 12.2. The number of hydrogen-bond donors (Lipinski definition) is 0. The summed E-state index contributed by atoms with van der Waals surface area (Å²) in [4.78, 5) is 0. The van der Waals surface area contributed by atoms with Crippen molar-refractivity contribution in [3.8, 4) is 0 Å². The molecule has 0 spiro atoms. The monoisotopic (exact) mass is 490 g/mol. The van der Waals surface area contributed by atoms with Crippen molar-refractivity contribution in [2.45, 2.75) is 50.0 Å². The van der Waals surface area contributed by atoms with Crippen molar-refractivity contribution in [1.82, 2.24) is 0 Å². The highest BCUT2D eigenvalue weighted by Crippen LogP contribution is 2.36. The highest BCUT2D eigenvalue weighted by atomic mass is 32.2. The van der Waals surface area contributed by atoms with Gasteiger partial charge in [-0.3, -0.25) is 0 Å². The van der Waals surface area contributed by atoms with Crippen LogP contribution in [0, 0.1) is 0 Å². The number of fused-ring (bicyclic) bond motifs is 1. The summed E-state index contributed by atoms with van der Waals surface area (Å²) in [5, 5.41) is 0. The van der Waals surface area contributed by atoms with Gasteiger partial charge in [0.05, 0.1) is 19.8 Å². The first kappa shape index (κ1) is 24.6. The Hall–Kier alpha value is -2.13. The van der Waals surface area contributed by atoms with E-state index in [0.717, 1.165) is 22.3 Å². The van der Waals surface area contributed by atoms with Crippen molar-refractivity contribution in [3.63, 3.8) is 0 Å². The van der Waals surface area contributed by atoms with Crippen molar-refractivity contribution >= 4 is 24.3 Å². The van der Waals surface area contributed by atoms with Crippen LogP contribution in [0.3, 0.4) is 0 Å². The van der Waals surface area contributed by atoms with E-state index in [9.17, 15) is 0 Å². The smallest absolute Gasteiger partial charge is 0.404 e. The van der Waals surface area contributed by atoms with E-state index in [1.54, 1.807) is 11.8 Å². The lowest BCUT2D eigenvalue weighted by molar-refractivity contribution is -0.243. The van der Waals surface area contributed by atoms with Gasteiger partial charge in [0.25, 0.3) is 0 Å². The topological polar surface area (TPSA) is 46.2 Å². The van der Waals surface area contributed by atoms with Gasteiger partial charge < -0.3 is 23.5 Å². The molecule has 2 aliphatic rings. The minimum atomic E-state index is -0.464. The van der Waals surface area contributed by atoms with Crippen LogP contribution in [0.2, 0.25) is 0 Å². The molecule has 0 saturated carbocycles. The van der Waals surface area contributed by atoms with Crippen LogP contribution < -0.4 is 5.46 Å². The van der Waals surface area contributed by atoms with Crippen LogP contribution in [0.1, 0.15) is 18.1 Å². The summed E-state index contributed by atoms with van der Waals surface area (Å²) < 4.78 is 32.2. The van der Waals surface area contributed by atoms with Crippen LogP contribution in [-0.4, -0.2) is 49.3 Å². The maximum absolute atomic E-state index is 6.60. The van der Waals surface area contributed by atoms with Gasteiger partial charge in [-0.25, -0.2) is 0 Å². The minimum absolute atomic E-state index is 0.175. The Morgan fingerprint density at radius 1 is 0.800 bits per heavy atom. The zero-order valence-corrected chi connectivity index (χ0v) is 20.7. The number of benzene rings is 3. The molecule has 5 rings (SSSR count). The Morgan fingerprint density at radius 2 is 1.37 bits per heavy atom. The second kappa shape index (κ2) is 12.2. The van der Waals surface area contributed by atoms with E-state index in [1.165, 1.54) is 0 Å². The predicted octanol–water partition coefficient (Wildman–Crippen LogP) is 4.45. The van der Waals surface area contributed by atoms with Crippen molar-refractivity contribution in [1.29, 1.82) is 0 Å². The zero-order chi connectivity index (χ0) is 23.9. The van der Waals surface area contributed by atoms with Crippen molar-refractivity contribution in [2.24, 2.45) is 0 Å². The fourth-order valence-corrected chi connectivity index (χ4v) is 5.50. The molecule has 0 bridgehead atoms. The maximum atomic E-state index is 6.60. The van der Waals surface area contributed by atoms with E-state index in [-0.39, 0.29) is 29.9 Å². The van der Waals surface area contributed by atoms with Gasteiger partial charge in [0, 0.05) is 0 Å². The van der Waals surface area contributed by atoms with Gasteiger partial charge in [-0.15, -0.1) is 11.8 Å². The zero-order valence-electron chi connectivity index (χ0n) is 19.9. The third kappa shape index (κ3) is 6.18. The molecule has 2 fully saturated rings. The summed E-state index contributed by atoms with van der Waals surface area (Å²) in [5.41, 5.74) is 3.04. The number of hydrogen-bond acceptors (Lipinski definition) is 6. The Morgan fingerprint density at radius 3 is 1.97 bits per heavy atom. The lowest BCUT2D eigenvalue weighted by Crippen LogP contribution is -2.65. The molecule has 2 aliphatic heterocycles. The molecule has 182 valence electrons. The first-order chi connectivity index (χ1) is 17.3. The van der Waals surface area contributed by atoms with Gasteiger partial charge in [-0.1, -0.05) is 97.9 Å². The first-order valence-corrected chi connectivity index (χ1v) is 13.3. The Bertz CT molecular complexity index is 1030. The van der Waals surface area contributed by atoms with Crippen LogP contribution in [-0.2, 0) is 36.7 Å². The summed E-state index contributed by atoms with van der Waals surface area (Å²) >= 11 is 1.74. The Kier molecular flexibility index (Phi) is 8.57. The van der Waals surface area contributed by atoms with E-state index in [0.29, 0.717) is 19.8 Å². The van der Waals surface area contributed by atoms with Crippen molar-refractivity contribution < 1.29 is 23.5 Å². The van der Waals surface area contributed by atoms with Gasteiger partial charge in [0.1, 0.15) is 29.9 Å². The maximum Gasteiger partial charge on any atom is 0.494 e. The van der Waals surface area contributed by atoms with E-state index in [2.05, 4.69) is 31.2 Å². The van der Waals surface area contributed by atoms with Gasteiger partial charge in [-0.2, -0.15) is 0 Å². The molecule has 2 heterocycles. The van der Waals surface area contributed by atoms with E-state index in [4.69, 9.17) is 23.5 Å². The molecule has 5 atom stereocenters. The molecule has 0 radical (unpaired) electrons. The molecule has 2 saturated heterocycles. The van der Waals surface area contributed by atoms with Crippen LogP contribution in [0.4, 0.5) is 0 Å². The van der Waals surface area contributed by atoms with Crippen LogP contribution in [0.25, 0.3) is 0 Å². The third-order valence-electron chi connectivity index (χ3n) is 6.26. The van der Waals surface area contributed by atoms with E-state index in [1.807, 2.05) is 66.7 Å². The van der Waals surface area contributed by atoms with Crippen molar-refractivity contribution in [2.75, 3.05) is 12.4 Å². The fourth-order valence-electron chi connectivity index (χ4n) is 4.52. The Labute approximate surface area is 212 Å². The number of ether oxygens (including phenoxy) is 3. The highest BCUT2D eigenvalue weighted by molar-refractivity contribution is 7.99. The summed E-state index contributed by atoms with van der Waals surface area (Å²) in [6.45, 7) is 3.54. The summed E-state index contributed by atoms with van der Waals surface area (Å²) in [5.74, 6) is 0.910. The molecule has 0 N–H and O–H groups in total. The summed E-state index contributed by atoms with van der Waals surface area (Å²) in [6.07, 6.45) is -1.14. The standard InChI is InChI=1S/C28H31BO5S/c1-2-35-28-27(31-19-22-14-8-4-9-15-22)26(30-18-21-12-6-3-7-13-21)25-24(33-28)20-32-29(34-25)23-16-10-5-11-17-23/h3-17,24-28H,2,18-20H2,1H3/t24-,25-,26+,27-,28+/m1/s1. The third-order valence-corrected chi connectivity index (χ3v) is 7.30. The molecular formula is C28H31BO5S. The second-order valence-electron chi connectivity index (χ2n) is 8.70. The van der Waals surface area contributed by atoms with Crippen LogP contribution in [0.5, 0.6) is 0 Å². The largest absolute Gasteiger partial charge is 0.494 e. The number of rotatable bonds is 9. The normalized spacial score (nSPS) is 26.3. The highest BCUT2D eigenvalue weighted by Gasteiger charge is 2.52. The molecule has 0 unspecified atom stereocenters. The van der Waals surface area contributed by atoms with E-state index >= 15 is 0 Å². The van der Waals surface area contributed by atoms with Crippen molar-refractivity contribution in [3.05, 3.63) is 102 Å². The molecule has 3 aromatic carbocycles. The quantitative estimate of drug-likeness (QED) is 0.414. The number of thioether (sulfide) groups is 1. The van der Waals surface area contributed by atoms with E-state index < -0.39 is 7.12 Å². The van der Waals surface area contributed by atoms with Gasteiger partial charge in [0.2, 0.25) is 0 Å². The SMILES string of the molecule is CCS[C@@H]1O[C@@H]2COB(c3ccccc3)O[C@H]2[C@H](OCc2ccccc2)[C@H]1OCc1ccccc1. The molecule has 7 heteroatoms. The predicted molar refractivity (Wildman–Crippen MR) is 139 cm³/mol. The lowest BCUT2D eigenvalue weighted by Gasteiger charge is -2.48. The Balaban J connectivity index is 1.40. The summed E-state index contributed by atoms with van der Waals surface area (Å²) in [7, 11) is -0.464. The molecular weight excluding hydrogens is 459 g/mol. The van der Waals surface area contributed by atoms with Crippen LogP contribution >= 0.6 is 11.8 Å². The molecule has 5 nitrogen and oxygen atoms in total. The molecule has 3 aromatic rings. The summed E-state index contributed by atoms with van der Waals surface area (Å²) in [6, 6.07) is 30.5. The molecule has 35 heavy (non-hydrogen) atoms.